The summed E-state index contributed by atoms with van der Waals surface area (Å²) in [7, 11) is 0. The van der Waals surface area contributed by atoms with Crippen molar-refractivity contribution in [2.24, 2.45) is 0 Å². The molecule has 1 atom stereocenters. The number of thiophene rings is 1. The highest BCUT2D eigenvalue weighted by Crippen LogP contribution is 2.23. The largest absolute Gasteiger partial charge is 0.442 e. The Bertz CT molecular complexity index is 957. The third-order valence-electron chi connectivity index (χ3n) is 4.01. The van der Waals surface area contributed by atoms with Crippen LogP contribution in [0.4, 0.5) is 10.5 Å². The van der Waals surface area contributed by atoms with E-state index in [2.05, 4.69) is 15.4 Å². The number of cyclic esters (lactones) is 1. The summed E-state index contributed by atoms with van der Waals surface area (Å²) in [6.45, 7) is 0.584. The zero-order valence-corrected chi connectivity index (χ0v) is 15.5. The molecule has 0 aliphatic carbocycles. The van der Waals surface area contributed by atoms with E-state index in [0.717, 1.165) is 5.69 Å². The summed E-state index contributed by atoms with van der Waals surface area (Å²) in [6, 6.07) is 10.6. The van der Waals surface area contributed by atoms with Crippen LogP contribution in [0.15, 0.2) is 49.1 Å². The number of ether oxygens (including phenoxy) is 1. The number of hydrogen-bond donors (Lipinski definition) is 1. The average Bonchev–Trinajstić information content (AvgIpc) is 3.41. The van der Waals surface area contributed by atoms with Crippen molar-refractivity contribution in [3.63, 3.8) is 0 Å². The van der Waals surface area contributed by atoms with Gasteiger partial charge in [0.15, 0.2) is 0 Å². The first kappa shape index (κ1) is 17.5. The highest BCUT2D eigenvalue weighted by molar-refractivity contribution is 7.17. The van der Waals surface area contributed by atoms with E-state index in [0.29, 0.717) is 21.4 Å². The van der Waals surface area contributed by atoms with Crippen molar-refractivity contribution < 1.29 is 14.3 Å². The van der Waals surface area contributed by atoms with E-state index >= 15 is 0 Å². The second-order valence-corrected chi connectivity index (χ2v) is 7.50. The predicted molar refractivity (Wildman–Crippen MR) is 101 cm³/mol. The highest BCUT2D eigenvalue weighted by Gasteiger charge is 2.32. The van der Waals surface area contributed by atoms with Gasteiger partial charge >= 0.3 is 6.09 Å². The molecule has 0 bridgehead atoms. The molecule has 1 aliphatic rings. The van der Waals surface area contributed by atoms with Gasteiger partial charge in [-0.15, -0.1) is 11.3 Å². The minimum atomic E-state index is -0.443. The lowest BCUT2D eigenvalue weighted by molar-refractivity contribution is 0.0920. The van der Waals surface area contributed by atoms with Crippen LogP contribution in [-0.4, -0.2) is 46.0 Å². The molecule has 2 aromatic heterocycles. The SMILES string of the molecule is O=C(NC[C@H]1CN(c2ccc(-n3cncn3)cc2)C(=O)O1)c1ccc(Cl)s1. The number of halogens is 1. The fraction of sp³-hybridized carbons (Fsp3) is 0.176. The van der Waals surface area contributed by atoms with Crippen molar-refractivity contribution >= 4 is 40.6 Å². The third kappa shape index (κ3) is 3.79. The van der Waals surface area contributed by atoms with Gasteiger partial charge < -0.3 is 10.1 Å². The Balaban J connectivity index is 1.36. The summed E-state index contributed by atoms with van der Waals surface area (Å²) in [5.74, 6) is -0.237. The number of aromatic nitrogens is 3. The molecule has 1 N–H and O–H groups in total. The fourth-order valence-electron chi connectivity index (χ4n) is 2.70. The van der Waals surface area contributed by atoms with Gasteiger partial charge in [0.1, 0.15) is 18.8 Å². The van der Waals surface area contributed by atoms with Crippen molar-refractivity contribution in [2.75, 3.05) is 18.0 Å². The quantitative estimate of drug-likeness (QED) is 0.707. The lowest BCUT2D eigenvalue weighted by Crippen LogP contribution is -2.34. The summed E-state index contributed by atoms with van der Waals surface area (Å²) in [4.78, 5) is 30.2. The van der Waals surface area contributed by atoms with Crippen molar-refractivity contribution in [3.8, 4) is 5.69 Å². The van der Waals surface area contributed by atoms with Crippen LogP contribution in [0.3, 0.4) is 0 Å². The summed E-state index contributed by atoms with van der Waals surface area (Å²) in [5.41, 5.74) is 1.55. The van der Waals surface area contributed by atoms with Gasteiger partial charge in [-0.1, -0.05) is 11.6 Å². The van der Waals surface area contributed by atoms with Crippen molar-refractivity contribution in [2.45, 2.75) is 6.10 Å². The lowest BCUT2D eigenvalue weighted by Gasteiger charge is -2.13. The molecule has 138 valence electrons. The second kappa shape index (κ2) is 7.37. The van der Waals surface area contributed by atoms with Crippen LogP contribution >= 0.6 is 22.9 Å². The Hall–Kier alpha value is -2.91. The van der Waals surface area contributed by atoms with Gasteiger partial charge in [0.2, 0.25) is 0 Å². The third-order valence-corrected chi connectivity index (χ3v) is 5.24. The first-order valence-corrected chi connectivity index (χ1v) is 9.26. The average molecular weight is 404 g/mol. The van der Waals surface area contributed by atoms with Gasteiger partial charge in [0.25, 0.3) is 5.91 Å². The van der Waals surface area contributed by atoms with Crippen molar-refractivity contribution in [3.05, 3.63) is 58.3 Å². The number of nitrogens with zero attached hydrogens (tertiary/aromatic N) is 4. The van der Waals surface area contributed by atoms with E-state index < -0.39 is 12.2 Å². The number of nitrogens with one attached hydrogen (secondary N) is 1. The van der Waals surface area contributed by atoms with E-state index in [1.54, 1.807) is 23.1 Å². The van der Waals surface area contributed by atoms with Crippen LogP contribution in [0.5, 0.6) is 0 Å². The summed E-state index contributed by atoms with van der Waals surface area (Å²) in [6.07, 6.45) is 2.18. The standard InChI is InChI=1S/C17H14ClN5O3S/c18-15-6-5-14(27-15)16(24)20-7-13-8-22(17(25)26-13)11-1-3-12(4-2-11)23-10-19-9-21-23/h1-6,9-10,13H,7-8H2,(H,20,24)/t13-/m0/s1. The Morgan fingerprint density at radius 1 is 1.26 bits per heavy atom. The molecule has 0 spiro atoms. The van der Waals surface area contributed by atoms with Crippen molar-refractivity contribution in [1.29, 1.82) is 0 Å². The smallest absolute Gasteiger partial charge is 0.414 e. The van der Waals surface area contributed by atoms with Gasteiger partial charge in [-0.25, -0.2) is 14.5 Å². The van der Waals surface area contributed by atoms with Gasteiger partial charge in [-0.3, -0.25) is 9.69 Å². The van der Waals surface area contributed by atoms with E-state index in [1.807, 2.05) is 24.3 Å². The maximum Gasteiger partial charge on any atom is 0.414 e. The maximum absolute atomic E-state index is 12.2. The van der Waals surface area contributed by atoms with Crippen molar-refractivity contribution in [1.82, 2.24) is 20.1 Å². The summed E-state index contributed by atoms with van der Waals surface area (Å²) >= 11 is 7.04. The minimum Gasteiger partial charge on any atom is -0.442 e. The fourth-order valence-corrected chi connectivity index (χ4v) is 3.65. The normalized spacial score (nSPS) is 16.4. The number of benzene rings is 1. The van der Waals surface area contributed by atoms with Gasteiger partial charge in [-0.05, 0) is 36.4 Å². The van der Waals surface area contributed by atoms with E-state index in [4.69, 9.17) is 16.3 Å². The van der Waals surface area contributed by atoms with Crippen LogP contribution in [-0.2, 0) is 4.74 Å². The summed E-state index contributed by atoms with van der Waals surface area (Å²) < 4.78 is 7.52. The lowest BCUT2D eigenvalue weighted by atomic mass is 10.2. The predicted octanol–water partition coefficient (Wildman–Crippen LogP) is 2.74. The molecule has 1 fully saturated rings. The number of anilines is 1. The molecule has 0 radical (unpaired) electrons. The minimum absolute atomic E-state index is 0.230. The molecule has 0 unspecified atom stereocenters. The topological polar surface area (TPSA) is 89.4 Å². The molecule has 1 aliphatic heterocycles. The van der Waals surface area contributed by atoms with Gasteiger partial charge in [0.05, 0.1) is 28.0 Å². The molecule has 1 aromatic carbocycles. The molecule has 1 saturated heterocycles. The number of carbonyl (C=O) groups excluding carboxylic acids is 2. The Kier molecular flexibility index (Phi) is 4.78. The molecule has 2 amide bonds. The van der Waals surface area contributed by atoms with Gasteiger partial charge in [-0.2, -0.15) is 5.10 Å². The zero-order valence-electron chi connectivity index (χ0n) is 13.9. The highest BCUT2D eigenvalue weighted by atomic mass is 35.5. The Morgan fingerprint density at radius 2 is 2.04 bits per heavy atom. The molecule has 3 heterocycles. The molecule has 10 heteroatoms. The number of carbonyl (C=O) groups is 2. The first-order chi connectivity index (χ1) is 13.1. The number of amides is 2. The molecule has 27 heavy (non-hydrogen) atoms. The van der Waals surface area contributed by atoms with Crippen LogP contribution < -0.4 is 10.2 Å². The summed E-state index contributed by atoms with van der Waals surface area (Å²) in [5, 5.41) is 6.83. The van der Waals surface area contributed by atoms with Crippen LogP contribution in [0, 0.1) is 0 Å². The molecule has 8 nitrogen and oxygen atoms in total. The molecule has 3 aromatic rings. The Labute approximate surface area is 163 Å². The van der Waals surface area contributed by atoms with E-state index in [-0.39, 0.29) is 12.5 Å². The van der Waals surface area contributed by atoms with Crippen LogP contribution in [0.1, 0.15) is 9.67 Å². The maximum atomic E-state index is 12.2. The second-order valence-electron chi connectivity index (χ2n) is 5.79. The van der Waals surface area contributed by atoms with Gasteiger partial charge in [0, 0.05) is 5.69 Å². The molecule has 4 rings (SSSR count). The van der Waals surface area contributed by atoms with Crippen LogP contribution in [0.2, 0.25) is 4.34 Å². The Morgan fingerprint density at radius 3 is 2.70 bits per heavy atom. The number of hydrogen-bond acceptors (Lipinski definition) is 6. The molecular weight excluding hydrogens is 390 g/mol. The molecule has 0 saturated carbocycles. The van der Waals surface area contributed by atoms with Crippen LogP contribution in [0.25, 0.3) is 5.69 Å². The molecular formula is C17H14ClN5O3S. The zero-order chi connectivity index (χ0) is 18.8. The first-order valence-electron chi connectivity index (χ1n) is 8.07. The monoisotopic (exact) mass is 403 g/mol. The van der Waals surface area contributed by atoms with E-state index in [1.165, 1.54) is 22.6 Å². The van der Waals surface area contributed by atoms with E-state index in [9.17, 15) is 9.59 Å². The number of rotatable bonds is 5.